The second-order valence-electron chi connectivity index (χ2n) is 4.23. The molecule has 0 aliphatic carbocycles. The minimum absolute atomic E-state index is 0.416. The lowest BCUT2D eigenvalue weighted by molar-refractivity contribution is -0.140. The van der Waals surface area contributed by atoms with E-state index in [2.05, 4.69) is 9.97 Å². The van der Waals surface area contributed by atoms with Crippen LogP contribution in [-0.2, 0) is 4.79 Å². The quantitative estimate of drug-likeness (QED) is 0.814. The number of nitrogens with zero attached hydrogens (tertiary/aromatic N) is 4. The van der Waals surface area contributed by atoms with Gasteiger partial charge in [-0.2, -0.15) is 4.98 Å². The van der Waals surface area contributed by atoms with Gasteiger partial charge in [0.2, 0.25) is 5.95 Å². The molecule has 94 valence electrons. The van der Waals surface area contributed by atoms with E-state index in [1.54, 1.807) is 24.1 Å². The Morgan fingerprint density at radius 2 is 2.12 bits per heavy atom. The lowest BCUT2D eigenvalue weighted by Gasteiger charge is -2.21. The van der Waals surface area contributed by atoms with Crippen molar-refractivity contribution < 1.29 is 9.90 Å². The Morgan fingerprint density at radius 3 is 2.65 bits per heavy atom. The number of rotatable bonds is 5. The van der Waals surface area contributed by atoms with Gasteiger partial charge in [0.15, 0.2) is 0 Å². The van der Waals surface area contributed by atoms with Gasteiger partial charge in [0.1, 0.15) is 5.82 Å². The predicted molar refractivity (Wildman–Crippen MR) is 66.4 cm³/mol. The Hall–Kier alpha value is -1.85. The van der Waals surface area contributed by atoms with Crippen LogP contribution in [-0.4, -0.2) is 48.7 Å². The summed E-state index contributed by atoms with van der Waals surface area (Å²) in [5.41, 5.74) is 0. The molecule has 1 aromatic rings. The molecule has 1 rings (SSSR count). The van der Waals surface area contributed by atoms with Crippen molar-refractivity contribution >= 4 is 17.7 Å². The molecule has 6 heteroatoms. The first kappa shape index (κ1) is 13.2. The highest BCUT2D eigenvalue weighted by Crippen LogP contribution is 2.13. The zero-order valence-electron chi connectivity index (χ0n) is 10.6. The second-order valence-corrected chi connectivity index (χ2v) is 4.23. The van der Waals surface area contributed by atoms with E-state index in [-0.39, 0.29) is 0 Å². The zero-order chi connectivity index (χ0) is 13.0. The van der Waals surface area contributed by atoms with Crippen LogP contribution >= 0.6 is 0 Å². The lowest BCUT2D eigenvalue weighted by Crippen LogP contribution is -2.29. The molecule has 0 fully saturated rings. The van der Waals surface area contributed by atoms with Gasteiger partial charge in [0, 0.05) is 33.9 Å². The first-order valence-electron chi connectivity index (χ1n) is 5.36. The van der Waals surface area contributed by atoms with E-state index in [1.165, 1.54) is 0 Å². The van der Waals surface area contributed by atoms with Gasteiger partial charge in [-0.15, -0.1) is 0 Å². The zero-order valence-corrected chi connectivity index (χ0v) is 10.6. The van der Waals surface area contributed by atoms with Crippen molar-refractivity contribution in [1.29, 1.82) is 0 Å². The molecule has 0 radical (unpaired) electrons. The summed E-state index contributed by atoms with van der Waals surface area (Å²) in [6.45, 7) is 2.09. The number of aliphatic carboxylic acids is 1. The number of carboxylic acid groups (broad SMARTS) is 1. The summed E-state index contributed by atoms with van der Waals surface area (Å²) in [5.74, 6) is 0.0886. The van der Waals surface area contributed by atoms with Crippen molar-refractivity contribution in [2.75, 3.05) is 37.5 Å². The van der Waals surface area contributed by atoms with Crippen molar-refractivity contribution in [2.45, 2.75) is 6.92 Å². The van der Waals surface area contributed by atoms with Crippen molar-refractivity contribution in [3.8, 4) is 0 Å². The molecule has 0 aliphatic rings. The van der Waals surface area contributed by atoms with Gasteiger partial charge in [-0.3, -0.25) is 4.79 Å². The molecule has 1 atom stereocenters. The van der Waals surface area contributed by atoms with Gasteiger partial charge in [-0.25, -0.2) is 4.98 Å². The van der Waals surface area contributed by atoms with E-state index in [0.717, 1.165) is 5.82 Å². The average Bonchev–Trinajstić information content (AvgIpc) is 2.28. The van der Waals surface area contributed by atoms with E-state index >= 15 is 0 Å². The summed E-state index contributed by atoms with van der Waals surface area (Å²) in [7, 11) is 5.54. The molecule has 6 nitrogen and oxygen atoms in total. The average molecular weight is 238 g/mol. The van der Waals surface area contributed by atoms with E-state index < -0.39 is 11.9 Å². The van der Waals surface area contributed by atoms with Gasteiger partial charge < -0.3 is 14.9 Å². The normalized spacial score (nSPS) is 12.0. The van der Waals surface area contributed by atoms with Gasteiger partial charge in [0.25, 0.3) is 0 Å². The maximum Gasteiger partial charge on any atom is 0.308 e. The fourth-order valence-corrected chi connectivity index (χ4v) is 1.35. The third kappa shape index (κ3) is 3.58. The Labute approximate surface area is 101 Å². The molecule has 1 unspecified atom stereocenters. The summed E-state index contributed by atoms with van der Waals surface area (Å²) in [6.07, 6.45) is 1.67. The Balaban J connectivity index is 2.78. The van der Waals surface area contributed by atoms with Gasteiger partial charge in [-0.1, -0.05) is 6.92 Å². The lowest BCUT2D eigenvalue weighted by atomic mass is 10.2. The summed E-state index contributed by atoms with van der Waals surface area (Å²) in [5, 5.41) is 8.85. The standard InChI is InChI=1S/C11H18N4O2/c1-8(10(16)17)7-15(4)9-5-6-12-11(13-9)14(2)3/h5-6,8H,7H2,1-4H3,(H,16,17). The van der Waals surface area contributed by atoms with E-state index in [0.29, 0.717) is 12.5 Å². The third-order valence-corrected chi connectivity index (χ3v) is 2.39. The van der Waals surface area contributed by atoms with E-state index in [1.807, 2.05) is 26.0 Å². The number of carbonyl (C=O) groups is 1. The second kappa shape index (κ2) is 5.47. The van der Waals surface area contributed by atoms with Gasteiger partial charge >= 0.3 is 5.97 Å². The minimum Gasteiger partial charge on any atom is -0.481 e. The topological polar surface area (TPSA) is 69.6 Å². The Kier molecular flexibility index (Phi) is 4.25. The molecular formula is C11H18N4O2. The Morgan fingerprint density at radius 1 is 1.47 bits per heavy atom. The molecule has 17 heavy (non-hydrogen) atoms. The smallest absolute Gasteiger partial charge is 0.308 e. The van der Waals surface area contributed by atoms with Gasteiger partial charge in [0.05, 0.1) is 5.92 Å². The maximum absolute atomic E-state index is 10.8. The molecule has 1 aromatic heterocycles. The maximum atomic E-state index is 10.8. The number of hydrogen-bond donors (Lipinski definition) is 1. The van der Waals surface area contributed by atoms with Crippen LogP contribution in [0.1, 0.15) is 6.92 Å². The highest BCUT2D eigenvalue weighted by atomic mass is 16.4. The van der Waals surface area contributed by atoms with Crippen LogP contribution in [0.2, 0.25) is 0 Å². The molecule has 0 spiro atoms. The van der Waals surface area contributed by atoms with Crippen LogP contribution in [0.3, 0.4) is 0 Å². The van der Waals surface area contributed by atoms with Crippen LogP contribution in [0, 0.1) is 5.92 Å². The number of hydrogen-bond acceptors (Lipinski definition) is 5. The van der Waals surface area contributed by atoms with E-state index in [9.17, 15) is 4.79 Å². The monoisotopic (exact) mass is 238 g/mol. The van der Waals surface area contributed by atoms with Crippen LogP contribution in [0.5, 0.6) is 0 Å². The van der Waals surface area contributed by atoms with Crippen molar-refractivity contribution in [3.05, 3.63) is 12.3 Å². The summed E-state index contributed by atoms with van der Waals surface area (Å²) < 4.78 is 0. The summed E-state index contributed by atoms with van der Waals surface area (Å²) in [4.78, 5) is 22.8. The van der Waals surface area contributed by atoms with E-state index in [4.69, 9.17) is 5.11 Å². The van der Waals surface area contributed by atoms with Crippen molar-refractivity contribution in [1.82, 2.24) is 9.97 Å². The molecule has 1 N–H and O–H groups in total. The van der Waals surface area contributed by atoms with Crippen molar-refractivity contribution in [2.24, 2.45) is 5.92 Å². The molecule has 0 saturated heterocycles. The van der Waals surface area contributed by atoms with Crippen LogP contribution in [0.25, 0.3) is 0 Å². The van der Waals surface area contributed by atoms with Crippen LogP contribution < -0.4 is 9.80 Å². The Bertz CT molecular complexity index is 395. The first-order chi connectivity index (χ1) is 7.91. The summed E-state index contributed by atoms with van der Waals surface area (Å²) in [6, 6.07) is 1.77. The first-order valence-corrected chi connectivity index (χ1v) is 5.36. The largest absolute Gasteiger partial charge is 0.481 e. The van der Waals surface area contributed by atoms with Crippen LogP contribution in [0.15, 0.2) is 12.3 Å². The predicted octanol–water partition coefficient (Wildman–Crippen LogP) is 0.699. The fourth-order valence-electron chi connectivity index (χ4n) is 1.35. The summed E-state index contributed by atoms with van der Waals surface area (Å²) >= 11 is 0. The molecule has 0 saturated carbocycles. The number of carboxylic acids is 1. The van der Waals surface area contributed by atoms with Crippen LogP contribution in [0.4, 0.5) is 11.8 Å². The number of anilines is 2. The molecule has 0 amide bonds. The molecular weight excluding hydrogens is 220 g/mol. The van der Waals surface area contributed by atoms with Gasteiger partial charge in [-0.05, 0) is 6.07 Å². The third-order valence-electron chi connectivity index (χ3n) is 2.39. The number of aromatic nitrogens is 2. The fraction of sp³-hybridized carbons (Fsp3) is 0.545. The van der Waals surface area contributed by atoms with Crippen molar-refractivity contribution in [3.63, 3.8) is 0 Å². The highest BCUT2D eigenvalue weighted by molar-refractivity contribution is 5.70. The molecule has 1 heterocycles. The highest BCUT2D eigenvalue weighted by Gasteiger charge is 2.15. The SMILES string of the molecule is CC(CN(C)c1ccnc(N(C)C)n1)C(=O)O. The molecule has 0 bridgehead atoms. The minimum atomic E-state index is -0.807. The molecule has 0 aromatic carbocycles. The molecule has 0 aliphatic heterocycles.